The summed E-state index contributed by atoms with van der Waals surface area (Å²) < 4.78 is 0. The summed E-state index contributed by atoms with van der Waals surface area (Å²) >= 11 is 0. The Hall–Kier alpha value is -0.550. The van der Waals surface area contributed by atoms with Gasteiger partial charge in [0.15, 0.2) is 0 Å². The van der Waals surface area contributed by atoms with E-state index in [1.54, 1.807) is 0 Å². The van der Waals surface area contributed by atoms with Crippen molar-refractivity contribution in [1.82, 2.24) is 5.32 Å². The highest BCUT2D eigenvalue weighted by Crippen LogP contribution is 2.24. The fraction of sp³-hybridized carbons (Fsp3) is 0.923. The van der Waals surface area contributed by atoms with Crippen LogP contribution in [0.5, 0.6) is 0 Å². The van der Waals surface area contributed by atoms with Gasteiger partial charge in [-0.3, -0.25) is 0 Å². The molecule has 3 unspecified atom stereocenters. The Morgan fingerprint density at radius 3 is 2.53 bits per heavy atom. The molecule has 1 fully saturated rings. The van der Waals surface area contributed by atoms with Crippen LogP contribution < -0.4 is 5.32 Å². The summed E-state index contributed by atoms with van der Waals surface area (Å²) in [7, 11) is 0. The Labute approximate surface area is 94.1 Å². The summed E-state index contributed by atoms with van der Waals surface area (Å²) in [5, 5.41) is 12.6. The zero-order valence-electron chi connectivity index (χ0n) is 10.3. The lowest BCUT2D eigenvalue weighted by atomic mass is 9.85. The Balaban J connectivity index is 2.33. The highest BCUT2D eigenvalue weighted by Gasteiger charge is 2.24. The lowest BCUT2D eigenvalue weighted by Crippen LogP contribution is -2.40. The van der Waals surface area contributed by atoms with Gasteiger partial charge in [0.25, 0.3) is 0 Å². The Kier molecular flexibility index (Phi) is 5.11. The first-order chi connectivity index (χ1) is 7.15. The summed E-state index contributed by atoms with van der Waals surface area (Å²) in [6.45, 7) is 7.85. The molecule has 0 radical (unpaired) electrons. The minimum atomic E-state index is 0.248. The molecule has 1 aliphatic rings. The number of nitrogens with zero attached hydrogens (tertiary/aromatic N) is 1. The van der Waals surface area contributed by atoms with Crippen LogP contribution in [0.1, 0.15) is 46.5 Å². The minimum absolute atomic E-state index is 0.248. The SMILES string of the molecule is CC(C)C(C)CNC1CCCCC1C#N. The Bertz CT molecular complexity index is 217. The van der Waals surface area contributed by atoms with Crippen molar-refractivity contribution in [2.45, 2.75) is 52.5 Å². The van der Waals surface area contributed by atoms with E-state index >= 15 is 0 Å². The Morgan fingerprint density at radius 1 is 1.27 bits per heavy atom. The molecule has 0 aromatic heterocycles. The van der Waals surface area contributed by atoms with Gasteiger partial charge < -0.3 is 5.32 Å². The third-order valence-electron chi connectivity index (χ3n) is 3.77. The van der Waals surface area contributed by atoms with E-state index < -0.39 is 0 Å². The molecule has 86 valence electrons. The second kappa shape index (κ2) is 6.12. The molecule has 2 nitrogen and oxygen atoms in total. The third-order valence-corrected chi connectivity index (χ3v) is 3.77. The van der Waals surface area contributed by atoms with Gasteiger partial charge in [0.05, 0.1) is 12.0 Å². The molecule has 15 heavy (non-hydrogen) atoms. The molecule has 0 aromatic rings. The zero-order valence-corrected chi connectivity index (χ0v) is 10.3. The van der Waals surface area contributed by atoms with Crippen molar-refractivity contribution < 1.29 is 0 Å². The van der Waals surface area contributed by atoms with Gasteiger partial charge in [0.1, 0.15) is 0 Å². The fourth-order valence-electron chi connectivity index (χ4n) is 2.10. The summed E-state index contributed by atoms with van der Waals surface area (Å²) in [6, 6.07) is 2.89. The van der Waals surface area contributed by atoms with Crippen molar-refractivity contribution >= 4 is 0 Å². The van der Waals surface area contributed by atoms with Gasteiger partial charge in [-0.05, 0) is 31.2 Å². The molecule has 0 saturated heterocycles. The zero-order chi connectivity index (χ0) is 11.3. The monoisotopic (exact) mass is 208 g/mol. The van der Waals surface area contributed by atoms with Gasteiger partial charge in [0.2, 0.25) is 0 Å². The van der Waals surface area contributed by atoms with Gasteiger partial charge in [0, 0.05) is 6.04 Å². The van der Waals surface area contributed by atoms with Crippen LogP contribution in [-0.4, -0.2) is 12.6 Å². The van der Waals surface area contributed by atoms with Crippen LogP contribution in [0.3, 0.4) is 0 Å². The summed E-state index contributed by atoms with van der Waals surface area (Å²) in [5.41, 5.74) is 0. The van der Waals surface area contributed by atoms with Gasteiger partial charge in [-0.15, -0.1) is 0 Å². The standard InChI is InChI=1S/C13H24N2/c1-10(2)11(3)9-15-13-7-5-4-6-12(13)8-14/h10-13,15H,4-7,9H2,1-3H3. The normalized spacial score (nSPS) is 28.7. The number of hydrogen-bond acceptors (Lipinski definition) is 2. The number of nitriles is 1. The molecule has 1 rings (SSSR count). The molecule has 1 aliphatic carbocycles. The molecular formula is C13H24N2. The molecule has 0 amide bonds. The highest BCUT2D eigenvalue weighted by atomic mass is 14.9. The van der Waals surface area contributed by atoms with Crippen LogP contribution in [0.2, 0.25) is 0 Å². The second-order valence-electron chi connectivity index (χ2n) is 5.26. The smallest absolute Gasteiger partial charge is 0.0672 e. The van der Waals surface area contributed by atoms with Crippen LogP contribution in [-0.2, 0) is 0 Å². The summed E-state index contributed by atoms with van der Waals surface area (Å²) in [5.74, 6) is 1.67. The van der Waals surface area contributed by atoms with Gasteiger partial charge >= 0.3 is 0 Å². The predicted octanol–water partition coefficient (Wildman–Crippen LogP) is 2.95. The van der Waals surface area contributed by atoms with Crippen LogP contribution in [0.4, 0.5) is 0 Å². The summed E-state index contributed by atoms with van der Waals surface area (Å²) in [6.07, 6.45) is 4.79. The van der Waals surface area contributed by atoms with E-state index in [0.717, 1.165) is 18.9 Å². The maximum atomic E-state index is 9.05. The van der Waals surface area contributed by atoms with Crippen LogP contribution in [0.15, 0.2) is 0 Å². The average Bonchev–Trinajstić information content (AvgIpc) is 2.26. The van der Waals surface area contributed by atoms with E-state index in [1.807, 2.05) is 0 Å². The minimum Gasteiger partial charge on any atom is -0.312 e. The van der Waals surface area contributed by atoms with E-state index in [9.17, 15) is 0 Å². The largest absolute Gasteiger partial charge is 0.312 e. The van der Waals surface area contributed by atoms with Crippen LogP contribution >= 0.6 is 0 Å². The van der Waals surface area contributed by atoms with Crippen molar-refractivity contribution in [3.05, 3.63) is 0 Å². The molecule has 0 spiro atoms. The van der Waals surface area contributed by atoms with Gasteiger partial charge in [-0.2, -0.15) is 5.26 Å². The van der Waals surface area contributed by atoms with Gasteiger partial charge in [-0.25, -0.2) is 0 Å². The molecule has 0 aromatic carbocycles. The van der Waals surface area contributed by atoms with Crippen LogP contribution in [0.25, 0.3) is 0 Å². The molecule has 1 saturated carbocycles. The first-order valence-corrected chi connectivity index (χ1v) is 6.28. The topological polar surface area (TPSA) is 35.8 Å². The number of nitrogens with one attached hydrogen (secondary N) is 1. The van der Waals surface area contributed by atoms with E-state index in [-0.39, 0.29) is 5.92 Å². The molecule has 3 atom stereocenters. The fourth-order valence-corrected chi connectivity index (χ4v) is 2.10. The molecule has 0 heterocycles. The molecular weight excluding hydrogens is 184 g/mol. The maximum Gasteiger partial charge on any atom is 0.0672 e. The lowest BCUT2D eigenvalue weighted by molar-refractivity contribution is 0.283. The van der Waals surface area contributed by atoms with Crippen molar-refractivity contribution in [2.75, 3.05) is 6.54 Å². The van der Waals surface area contributed by atoms with E-state index in [1.165, 1.54) is 19.3 Å². The lowest BCUT2D eigenvalue weighted by Gasteiger charge is -2.29. The Morgan fingerprint density at radius 2 is 1.93 bits per heavy atom. The predicted molar refractivity (Wildman–Crippen MR) is 63.4 cm³/mol. The van der Waals surface area contributed by atoms with Gasteiger partial charge in [-0.1, -0.05) is 33.6 Å². The molecule has 0 bridgehead atoms. The van der Waals surface area contributed by atoms with Crippen molar-refractivity contribution in [3.63, 3.8) is 0 Å². The number of rotatable bonds is 4. The van der Waals surface area contributed by atoms with Crippen LogP contribution in [0, 0.1) is 29.1 Å². The summed E-state index contributed by atoms with van der Waals surface area (Å²) in [4.78, 5) is 0. The van der Waals surface area contributed by atoms with Crippen molar-refractivity contribution in [2.24, 2.45) is 17.8 Å². The second-order valence-corrected chi connectivity index (χ2v) is 5.26. The first kappa shape index (κ1) is 12.5. The third kappa shape index (κ3) is 3.83. The quantitative estimate of drug-likeness (QED) is 0.771. The molecule has 0 aliphatic heterocycles. The van der Waals surface area contributed by atoms with E-state index in [4.69, 9.17) is 5.26 Å². The number of hydrogen-bond donors (Lipinski definition) is 1. The van der Waals surface area contributed by atoms with Crippen molar-refractivity contribution in [1.29, 1.82) is 5.26 Å². The highest BCUT2D eigenvalue weighted by molar-refractivity contribution is 4.94. The maximum absolute atomic E-state index is 9.05. The van der Waals surface area contributed by atoms with E-state index in [2.05, 4.69) is 32.2 Å². The molecule has 1 N–H and O–H groups in total. The van der Waals surface area contributed by atoms with E-state index in [0.29, 0.717) is 12.0 Å². The molecule has 2 heteroatoms. The van der Waals surface area contributed by atoms with Crippen molar-refractivity contribution in [3.8, 4) is 6.07 Å². The average molecular weight is 208 g/mol. The first-order valence-electron chi connectivity index (χ1n) is 6.28.